The normalized spacial score (nSPS) is 12.0. The van der Waals surface area contributed by atoms with Crippen molar-refractivity contribution in [2.75, 3.05) is 6.61 Å². The summed E-state index contributed by atoms with van der Waals surface area (Å²) in [4.78, 5) is 24.5. The van der Waals surface area contributed by atoms with E-state index in [1.807, 2.05) is 13.8 Å². The number of esters is 1. The Balaban J connectivity index is 2.37. The number of hydrogen-bond donors (Lipinski definition) is 1. The Labute approximate surface area is 156 Å². The van der Waals surface area contributed by atoms with Crippen LogP contribution in [0.5, 0.6) is 0 Å². The summed E-state index contributed by atoms with van der Waals surface area (Å²) in [6, 6.07) is 4.52. The molecule has 1 aromatic rings. The quantitative estimate of drug-likeness (QED) is 0.424. The molecule has 0 bridgehead atoms. The highest BCUT2D eigenvalue weighted by molar-refractivity contribution is 5.96. The molecular formula is C21H32FNO3. The summed E-state index contributed by atoms with van der Waals surface area (Å²) in [6.07, 6.45) is 8.05. The largest absolute Gasteiger partial charge is 0.464 e. The van der Waals surface area contributed by atoms with Crippen LogP contribution in [0.15, 0.2) is 24.3 Å². The van der Waals surface area contributed by atoms with E-state index in [0.717, 1.165) is 19.3 Å². The molecule has 0 spiro atoms. The van der Waals surface area contributed by atoms with E-state index in [9.17, 15) is 14.0 Å². The highest BCUT2D eigenvalue weighted by Gasteiger charge is 2.26. The second-order valence-corrected chi connectivity index (χ2v) is 6.99. The Kier molecular flexibility index (Phi) is 10.6. The van der Waals surface area contributed by atoms with Crippen LogP contribution in [-0.4, -0.2) is 24.5 Å². The molecule has 0 saturated heterocycles. The van der Waals surface area contributed by atoms with Gasteiger partial charge in [-0.3, -0.25) is 4.79 Å². The lowest BCUT2D eigenvalue weighted by Gasteiger charge is -2.21. The summed E-state index contributed by atoms with van der Waals surface area (Å²) >= 11 is 0. The number of halogens is 1. The third kappa shape index (κ3) is 8.45. The summed E-state index contributed by atoms with van der Waals surface area (Å²) in [5, 5.41) is 2.69. The molecule has 0 aliphatic carbocycles. The minimum atomic E-state index is -0.711. The molecule has 0 saturated carbocycles. The van der Waals surface area contributed by atoms with Crippen molar-refractivity contribution in [3.63, 3.8) is 0 Å². The zero-order chi connectivity index (χ0) is 19.4. The van der Waals surface area contributed by atoms with Gasteiger partial charge in [-0.1, -0.05) is 59.3 Å². The summed E-state index contributed by atoms with van der Waals surface area (Å²) in [6.45, 7) is 6.27. The molecule has 1 rings (SSSR count). The molecule has 1 N–H and O–H groups in total. The average molecular weight is 365 g/mol. The van der Waals surface area contributed by atoms with Gasteiger partial charge in [-0.15, -0.1) is 0 Å². The fraction of sp³-hybridized carbons (Fsp3) is 0.619. The number of rotatable bonds is 12. The first-order chi connectivity index (χ1) is 12.5. The van der Waals surface area contributed by atoms with Gasteiger partial charge in [-0.2, -0.15) is 0 Å². The van der Waals surface area contributed by atoms with E-state index in [0.29, 0.717) is 12.2 Å². The zero-order valence-corrected chi connectivity index (χ0v) is 16.2. The van der Waals surface area contributed by atoms with Crippen LogP contribution < -0.4 is 5.32 Å². The Morgan fingerprint density at radius 2 is 1.58 bits per heavy atom. The van der Waals surface area contributed by atoms with E-state index in [-0.39, 0.29) is 5.92 Å². The van der Waals surface area contributed by atoms with Crippen molar-refractivity contribution in [2.45, 2.75) is 71.8 Å². The molecule has 0 aromatic heterocycles. The third-order valence-corrected chi connectivity index (χ3v) is 4.31. The minimum Gasteiger partial charge on any atom is -0.464 e. The monoisotopic (exact) mass is 365 g/mol. The molecule has 4 nitrogen and oxygen atoms in total. The van der Waals surface area contributed by atoms with Crippen LogP contribution in [-0.2, 0) is 9.53 Å². The Morgan fingerprint density at radius 3 is 2.15 bits per heavy atom. The van der Waals surface area contributed by atoms with E-state index < -0.39 is 23.7 Å². The van der Waals surface area contributed by atoms with Crippen LogP contribution >= 0.6 is 0 Å². The molecule has 26 heavy (non-hydrogen) atoms. The van der Waals surface area contributed by atoms with Gasteiger partial charge in [0.2, 0.25) is 0 Å². The maximum Gasteiger partial charge on any atom is 0.328 e. The number of amides is 1. The number of nitrogens with one attached hydrogen (secondary N) is 1. The van der Waals surface area contributed by atoms with Gasteiger partial charge in [0.25, 0.3) is 5.91 Å². The fourth-order valence-electron chi connectivity index (χ4n) is 2.65. The molecule has 1 aromatic carbocycles. The summed E-state index contributed by atoms with van der Waals surface area (Å²) in [5.41, 5.74) is 0.317. The van der Waals surface area contributed by atoms with E-state index in [4.69, 9.17) is 4.74 Å². The maximum atomic E-state index is 13.0. The number of benzene rings is 1. The number of carbonyl (C=O) groups is 2. The Hall–Kier alpha value is -1.91. The van der Waals surface area contributed by atoms with E-state index in [1.165, 1.54) is 49.9 Å². The summed E-state index contributed by atoms with van der Waals surface area (Å²) < 4.78 is 18.3. The van der Waals surface area contributed by atoms with Gasteiger partial charge in [0.1, 0.15) is 11.9 Å². The van der Waals surface area contributed by atoms with Crippen LogP contribution in [0.1, 0.15) is 76.1 Å². The molecule has 1 amide bonds. The van der Waals surface area contributed by atoms with Crippen molar-refractivity contribution < 1.29 is 18.7 Å². The smallest absolute Gasteiger partial charge is 0.328 e. The second kappa shape index (κ2) is 12.4. The van der Waals surface area contributed by atoms with Gasteiger partial charge in [0.05, 0.1) is 6.61 Å². The van der Waals surface area contributed by atoms with Gasteiger partial charge in [-0.05, 0) is 36.6 Å². The number of ether oxygens (including phenoxy) is 1. The van der Waals surface area contributed by atoms with Crippen molar-refractivity contribution in [3.05, 3.63) is 35.6 Å². The molecule has 5 heteroatoms. The van der Waals surface area contributed by atoms with Crippen LogP contribution in [0.25, 0.3) is 0 Å². The van der Waals surface area contributed by atoms with Crippen molar-refractivity contribution in [3.8, 4) is 0 Å². The van der Waals surface area contributed by atoms with Crippen LogP contribution in [0.2, 0.25) is 0 Å². The fourth-order valence-corrected chi connectivity index (χ4v) is 2.65. The number of unbranched alkanes of at least 4 members (excludes halogenated alkanes) is 6. The summed E-state index contributed by atoms with van der Waals surface area (Å²) in [5.74, 6) is -1.32. The van der Waals surface area contributed by atoms with Gasteiger partial charge in [-0.25, -0.2) is 9.18 Å². The highest BCUT2D eigenvalue weighted by atomic mass is 19.1. The van der Waals surface area contributed by atoms with Gasteiger partial charge >= 0.3 is 5.97 Å². The SMILES string of the molecule is CCCCCCCCCOC(=O)C(NC(=O)c1ccc(F)cc1)C(C)C. The minimum absolute atomic E-state index is 0.0963. The second-order valence-electron chi connectivity index (χ2n) is 6.99. The predicted molar refractivity (Wildman–Crippen MR) is 101 cm³/mol. The molecule has 146 valence electrons. The lowest BCUT2D eigenvalue weighted by molar-refractivity contribution is -0.147. The Morgan fingerprint density at radius 1 is 1.00 bits per heavy atom. The molecule has 1 unspecified atom stereocenters. The molecule has 1 atom stereocenters. The van der Waals surface area contributed by atoms with Crippen LogP contribution in [0.4, 0.5) is 4.39 Å². The maximum absolute atomic E-state index is 13.0. The third-order valence-electron chi connectivity index (χ3n) is 4.31. The van der Waals surface area contributed by atoms with Crippen molar-refractivity contribution >= 4 is 11.9 Å². The number of carbonyl (C=O) groups excluding carboxylic acids is 2. The molecule has 0 aliphatic rings. The van der Waals surface area contributed by atoms with Gasteiger partial charge < -0.3 is 10.1 Å². The zero-order valence-electron chi connectivity index (χ0n) is 16.2. The molecule has 0 aliphatic heterocycles. The summed E-state index contributed by atoms with van der Waals surface area (Å²) in [7, 11) is 0. The Bertz CT molecular complexity index is 543. The van der Waals surface area contributed by atoms with E-state index >= 15 is 0 Å². The molecule has 0 heterocycles. The first kappa shape index (κ1) is 22.1. The van der Waals surface area contributed by atoms with Gasteiger partial charge in [0.15, 0.2) is 0 Å². The highest BCUT2D eigenvalue weighted by Crippen LogP contribution is 2.10. The van der Waals surface area contributed by atoms with E-state index in [2.05, 4.69) is 12.2 Å². The van der Waals surface area contributed by atoms with Crippen LogP contribution in [0, 0.1) is 11.7 Å². The molecule has 0 radical (unpaired) electrons. The first-order valence-electron chi connectivity index (χ1n) is 9.68. The lowest BCUT2D eigenvalue weighted by Crippen LogP contribution is -2.45. The molecular weight excluding hydrogens is 333 g/mol. The topological polar surface area (TPSA) is 55.4 Å². The lowest BCUT2D eigenvalue weighted by atomic mass is 10.0. The van der Waals surface area contributed by atoms with Crippen molar-refractivity contribution in [2.24, 2.45) is 5.92 Å². The van der Waals surface area contributed by atoms with Gasteiger partial charge in [0, 0.05) is 5.56 Å². The predicted octanol–water partition coefficient (Wildman–Crippen LogP) is 4.87. The number of hydrogen-bond acceptors (Lipinski definition) is 3. The first-order valence-corrected chi connectivity index (χ1v) is 9.68. The van der Waals surface area contributed by atoms with Crippen molar-refractivity contribution in [1.29, 1.82) is 0 Å². The average Bonchev–Trinajstić information content (AvgIpc) is 2.61. The van der Waals surface area contributed by atoms with Crippen LogP contribution in [0.3, 0.4) is 0 Å². The van der Waals surface area contributed by atoms with Crippen molar-refractivity contribution in [1.82, 2.24) is 5.32 Å². The standard InChI is InChI=1S/C21H32FNO3/c1-4-5-6-7-8-9-10-15-26-21(25)19(16(2)3)23-20(24)17-11-13-18(22)14-12-17/h11-14,16,19H,4-10,15H2,1-3H3,(H,23,24). The van der Waals surface area contributed by atoms with E-state index in [1.54, 1.807) is 0 Å². The molecule has 0 fully saturated rings.